The van der Waals surface area contributed by atoms with Crippen LogP contribution in [0.3, 0.4) is 0 Å². The summed E-state index contributed by atoms with van der Waals surface area (Å²) in [6, 6.07) is 8.77. The maximum Gasteiger partial charge on any atom is 0.533 e. The van der Waals surface area contributed by atoms with Crippen LogP contribution >= 0.6 is 0 Å². The van der Waals surface area contributed by atoms with E-state index in [-0.39, 0.29) is 0 Å². The average molecular weight is 166 g/mol. The van der Waals surface area contributed by atoms with Gasteiger partial charge in [-0.05, 0) is 5.56 Å². The molecule has 3 heteroatoms. The Balaban J connectivity index is 2.58. The fourth-order valence-electron chi connectivity index (χ4n) is 0.961. The second-order valence-electron chi connectivity index (χ2n) is 2.66. The number of hydrogen-bond acceptors (Lipinski definition) is 2. The summed E-state index contributed by atoms with van der Waals surface area (Å²) < 4.78 is 0. The number of hydrogen-bond donors (Lipinski definition) is 1. The zero-order valence-corrected chi connectivity index (χ0v) is 6.66. The molecule has 1 rings (SSSR count). The number of nitrogens with two attached hydrogens (primary N) is 1. The summed E-state index contributed by atoms with van der Waals surface area (Å²) in [7, 11) is 0. The van der Waals surface area contributed by atoms with Gasteiger partial charge in [-0.2, -0.15) is 0 Å². The van der Waals surface area contributed by atoms with E-state index in [2.05, 4.69) is 0 Å². The Morgan fingerprint density at radius 3 is 2.50 bits per heavy atom. The standard InChI is InChI=1S/C9H11NO2/c10-8(9(11)12)6-7-4-2-1-3-5-7/h1-5,8H,6,10H2,(H,11,12)/p+1/t8-/m1/s1. The molecular formula is C9H12NO2+. The van der Waals surface area contributed by atoms with E-state index < -0.39 is 12.0 Å². The fourth-order valence-corrected chi connectivity index (χ4v) is 0.961. The lowest BCUT2D eigenvalue weighted by Gasteiger charge is -2.01. The van der Waals surface area contributed by atoms with Crippen molar-refractivity contribution in [1.82, 2.24) is 0 Å². The van der Waals surface area contributed by atoms with Gasteiger partial charge in [0.05, 0.1) is 0 Å². The minimum absolute atomic E-state index is 0.448. The lowest BCUT2D eigenvalue weighted by atomic mass is 10.1. The third-order valence-electron chi connectivity index (χ3n) is 1.64. The van der Waals surface area contributed by atoms with Gasteiger partial charge in [0.2, 0.25) is 0 Å². The van der Waals surface area contributed by atoms with Crippen LogP contribution in [0.2, 0.25) is 0 Å². The van der Waals surface area contributed by atoms with Gasteiger partial charge >= 0.3 is 5.97 Å². The van der Waals surface area contributed by atoms with Crippen molar-refractivity contribution in [2.45, 2.75) is 12.5 Å². The molecule has 0 spiro atoms. The summed E-state index contributed by atoms with van der Waals surface area (Å²) in [4.78, 5) is 10.5. The summed E-state index contributed by atoms with van der Waals surface area (Å²) in [5.74, 6) is -0.709. The molecule has 4 N–H and O–H groups in total. The SMILES string of the molecule is N[C@H](Cc1ccccc1)C(=O)[OH2+]. The van der Waals surface area contributed by atoms with Gasteiger partial charge < -0.3 is 10.8 Å². The van der Waals surface area contributed by atoms with Gasteiger partial charge in [-0.3, -0.25) is 0 Å². The maximum atomic E-state index is 10.5. The summed E-state index contributed by atoms with van der Waals surface area (Å²) in [5, 5.41) is 6.77. The van der Waals surface area contributed by atoms with Crippen LogP contribution in [0.4, 0.5) is 0 Å². The Morgan fingerprint density at radius 2 is 2.00 bits per heavy atom. The molecule has 0 saturated carbocycles. The molecule has 64 valence electrons. The molecule has 0 unspecified atom stereocenters. The number of rotatable bonds is 3. The van der Waals surface area contributed by atoms with E-state index in [9.17, 15) is 4.79 Å². The van der Waals surface area contributed by atoms with Crippen molar-refractivity contribution in [3.63, 3.8) is 0 Å². The molecular weight excluding hydrogens is 154 g/mol. The second-order valence-corrected chi connectivity index (χ2v) is 2.66. The van der Waals surface area contributed by atoms with Crippen LogP contribution in [-0.2, 0) is 11.2 Å². The van der Waals surface area contributed by atoms with Crippen LogP contribution in [0.5, 0.6) is 0 Å². The second kappa shape index (κ2) is 3.88. The van der Waals surface area contributed by atoms with Gasteiger partial charge in [-0.1, -0.05) is 30.3 Å². The van der Waals surface area contributed by atoms with Gasteiger partial charge in [0.1, 0.15) is 0 Å². The lowest BCUT2D eigenvalue weighted by Crippen LogP contribution is -2.32. The zero-order chi connectivity index (χ0) is 8.97. The van der Waals surface area contributed by atoms with Gasteiger partial charge in [0.15, 0.2) is 6.04 Å². The predicted octanol–water partition coefficient (Wildman–Crippen LogP) is -0.192. The molecule has 0 radical (unpaired) electrons. The van der Waals surface area contributed by atoms with Gasteiger partial charge in [-0.25, -0.2) is 0 Å². The molecule has 1 aromatic rings. The molecule has 0 aromatic heterocycles. The van der Waals surface area contributed by atoms with Crippen LogP contribution in [0.25, 0.3) is 0 Å². The minimum Gasteiger partial charge on any atom is -0.564 e. The normalized spacial score (nSPS) is 12.4. The Labute approximate surface area is 70.8 Å². The lowest BCUT2D eigenvalue weighted by molar-refractivity contribution is -0.138. The summed E-state index contributed by atoms with van der Waals surface area (Å²) >= 11 is 0. The van der Waals surface area contributed by atoms with E-state index >= 15 is 0 Å². The van der Waals surface area contributed by atoms with E-state index in [1.807, 2.05) is 30.3 Å². The molecule has 0 aliphatic rings. The smallest absolute Gasteiger partial charge is 0.533 e. The molecule has 0 heterocycles. The first-order valence-corrected chi connectivity index (χ1v) is 3.75. The van der Waals surface area contributed by atoms with Crippen LogP contribution in [0.1, 0.15) is 5.56 Å². The Kier molecular flexibility index (Phi) is 2.82. The molecule has 1 atom stereocenters. The van der Waals surface area contributed by atoms with Gasteiger partial charge in [-0.15, -0.1) is 0 Å². The monoisotopic (exact) mass is 166 g/mol. The van der Waals surface area contributed by atoms with Crippen molar-refractivity contribution in [3.8, 4) is 0 Å². The molecule has 1 aromatic carbocycles. The van der Waals surface area contributed by atoms with Crippen LogP contribution < -0.4 is 5.73 Å². The number of benzene rings is 1. The quantitative estimate of drug-likeness (QED) is 0.632. The summed E-state index contributed by atoms with van der Waals surface area (Å²) in [5.41, 5.74) is 6.40. The van der Waals surface area contributed by atoms with Gasteiger partial charge in [0, 0.05) is 11.2 Å². The van der Waals surface area contributed by atoms with E-state index in [4.69, 9.17) is 10.8 Å². The van der Waals surface area contributed by atoms with Crippen LogP contribution in [0.15, 0.2) is 30.3 Å². The number of carbonyl (C=O) groups excluding carboxylic acids is 1. The Hall–Kier alpha value is -1.35. The molecule has 12 heavy (non-hydrogen) atoms. The fraction of sp³-hybridized carbons (Fsp3) is 0.222. The number of carbonyl (C=O) groups is 1. The van der Waals surface area contributed by atoms with E-state index in [1.54, 1.807) is 0 Å². The van der Waals surface area contributed by atoms with Crippen molar-refractivity contribution in [1.29, 1.82) is 0 Å². The molecule has 0 amide bonds. The topological polar surface area (TPSA) is 66.0 Å². The van der Waals surface area contributed by atoms with Crippen molar-refractivity contribution in [2.24, 2.45) is 5.73 Å². The first-order chi connectivity index (χ1) is 5.70. The Bertz CT molecular complexity index is 258. The highest BCUT2D eigenvalue weighted by molar-refractivity contribution is 5.73. The molecule has 0 aliphatic carbocycles. The largest absolute Gasteiger partial charge is 0.564 e. The maximum absolute atomic E-state index is 10.5. The zero-order valence-electron chi connectivity index (χ0n) is 6.66. The predicted molar refractivity (Wildman–Crippen MR) is 46.7 cm³/mol. The third kappa shape index (κ3) is 2.36. The van der Waals surface area contributed by atoms with E-state index in [0.29, 0.717) is 6.42 Å². The van der Waals surface area contributed by atoms with E-state index in [1.165, 1.54) is 0 Å². The third-order valence-corrected chi connectivity index (χ3v) is 1.64. The minimum atomic E-state index is -0.709. The van der Waals surface area contributed by atoms with Crippen LogP contribution in [0, 0.1) is 0 Å². The van der Waals surface area contributed by atoms with Gasteiger partial charge in [0.25, 0.3) is 0 Å². The average Bonchev–Trinajstić information content (AvgIpc) is 2.06. The van der Waals surface area contributed by atoms with Crippen molar-refractivity contribution in [2.75, 3.05) is 0 Å². The van der Waals surface area contributed by atoms with Crippen molar-refractivity contribution < 1.29 is 9.90 Å². The molecule has 3 nitrogen and oxygen atoms in total. The molecule has 0 aliphatic heterocycles. The molecule has 0 bridgehead atoms. The summed E-state index contributed by atoms with van der Waals surface area (Å²) in [6.45, 7) is 0. The highest BCUT2D eigenvalue weighted by atomic mass is 16.4. The Morgan fingerprint density at radius 1 is 1.42 bits per heavy atom. The highest BCUT2D eigenvalue weighted by Crippen LogP contribution is 2.01. The van der Waals surface area contributed by atoms with Crippen molar-refractivity contribution in [3.05, 3.63) is 35.9 Å². The first-order valence-electron chi connectivity index (χ1n) is 3.75. The molecule has 0 fully saturated rings. The highest BCUT2D eigenvalue weighted by Gasteiger charge is 2.19. The van der Waals surface area contributed by atoms with Crippen molar-refractivity contribution >= 4 is 5.97 Å². The van der Waals surface area contributed by atoms with E-state index in [0.717, 1.165) is 5.56 Å². The van der Waals surface area contributed by atoms with Crippen LogP contribution in [-0.4, -0.2) is 17.1 Å². The summed E-state index contributed by atoms with van der Waals surface area (Å²) in [6.07, 6.45) is 0.448. The first kappa shape index (κ1) is 8.74. The molecule has 0 saturated heterocycles.